The Kier molecular flexibility index (Phi) is 4.33. The van der Waals surface area contributed by atoms with E-state index in [1.165, 1.54) is 28.9 Å². The minimum atomic E-state index is -3.73. The molecule has 2 aromatic heterocycles. The highest BCUT2D eigenvalue weighted by Crippen LogP contribution is 2.22. The number of aryl methyl sites for hydroxylation is 1. The zero-order valence-corrected chi connectivity index (χ0v) is 12.7. The molecule has 2 aromatic rings. The molecule has 0 unspecified atom stereocenters. The summed E-state index contributed by atoms with van der Waals surface area (Å²) < 4.78 is 26.1. The molecule has 0 aliphatic rings. The smallest absolute Gasteiger partial charge is 0.262 e. The van der Waals surface area contributed by atoms with Gasteiger partial charge in [-0.15, -0.1) is 11.3 Å². The molecule has 0 bridgehead atoms. The van der Waals surface area contributed by atoms with Gasteiger partial charge in [0.15, 0.2) is 5.03 Å². The molecule has 0 spiro atoms. The second kappa shape index (κ2) is 5.83. The highest BCUT2D eigenvalue weighted by atomic mass is 32.2. The number of aromatic nitrogens is 2. The maximum absolute atomic E-state index is 12.5. The highest BCUT2D eigenvalue weighted by Gasteiger charge is 2.25. The van der Waals surface area contributed by atoms with Gasteiger partial charge in [0, 0.05) is 18.6 Å². The Labute approximate surface area is 121 Å². The summed E-state index contributed by atoms with van der Waals surface area (Å²) in [6.07, 6.45) is 1.41. The molecule has 0 atom stereocenters. The Bertz CT molecular complexity index is 698. The van der Waals surface area contributed by atoms with Crippen LogP contribution in [0.5, 0.6) is 0 Å². The summed E-state index contributed by atoms with van der Waals surface area (Å²) in [4.78, 5) is 8.15. The van der Waals surface area contributed by atoms with E-state index in [9.17, 15) is 8.42 Å². The normalized spacial score (nSPS) is 11.8. The predicted octanol–water partition coefficient (Wildman–Crippen LogP) is 0.953. The topological polar surface area (TPSA) is 101 Å². The van der Waals surface area contributed by atoms with Crippen molar-refractivity contribution in [3.05, 3.63) is 34.4 Å². The second-order valence-corrected chi connectivity index (χ2v) is 7.14. The second-order valence-electron chi connectivity index (χ2n) is 4.12. The molecule has 0 aliphatic carbocycles. The van der Waals surface area contributed by atoms with Gasteiger partial charge >= 0.3 is 0 Å². The zero-order chi connectivity index (χ0) is 14.8. The molecular weight excluding hydrogens is 298 g/mol. The molecule has 2 heterocycles. The number of nitrogen functional groups attached to an aromatic ring is 1. The van der Waals surface area contributed by atoms with Crippen molar-refractivity contribution in [2.45, 2.75) is 18.5 Å². The minimum Gasteiger partial charge on any atom is -0.321 e. The fourth-order valence-electron chi connectivity index (χ4n) is 1.65. The Morgan fingerprint density at radius 3 is 2.85 bits per heavy atom. The van der Waals surface area contributed by atoms with Crippen LogP contribution in [0, 0.1) is 6.92 Å². The zero-order valence-electron chi connectivity index (χ0n) is 11.1. The lowest BCUT2D eigenvalue weighted by Crippen LogP contribution is -2.28. The van der Waals surface area contributed by atoms with Crippen LogP contribution in [0.4, 0.5) is 5.69 Å². The van der Waals surface area contributed by atoms with Crippen LogP contribution in [-0.4, -0.2) is 29.7 Å². The quantitative estimate of drug-likeness (QED) is 0.629. The maximum Gasteiger partial charge on any atom is 0.262 e. The number of hydrogen-bond donors (Lipinski definition) is 2. The first-order chi connectivity index (χ1) is 9.45. The van der Waals surface area contributed by atoms with Crippen molar-refractivity contribution in [1.29, 1.82) is 0 Å². The van der Waals surface area contributed by atoms with Crippen LogP contribution in [0.25, 0.3) is 0 Å². The highest BCUT2D eigenvalue weighted by molar-refractivity contribution is 7.89. The fourth-order valence-corrected chi connectivity index (χ4v) is 3.45. The van der Waals surface area contributed by atoms with Crippen molar-refractivity contribution >= 4 is 27.0 Å². The number of anilines is 1. The van der Waals surface area contributed by atoms with Crippen LogP contribution in [-0.2, 0) is 16.6 Å². The average Bonchev–Trinajstić information content (AvgIpc) is 2.84. The summed E-state index contributed by atoms with van der Waals surface area (Å²) in [5.74, 6) is 5.32. The molecule has 2 rings (SSSR count). The van der Waals surface area contributed by atoms with Gasteiger partial charge in [0.2, 0.25) is 0 Å². The third kappa shape index (κ3) is 2.96. The van der Waals surface area contributed by atoms with Gasteiger partial charge in [-0.3, -0.25) is 5.84 Å². The molecule has 0 saturated heterocycles. The van der Waals surface area contributed by atoms with Gasteiger partial charge in [0.05, 0.1) is 22.9 Å². The van der Waals surface area contributed by atoms with Crippen molar-refractivity contribution in [2.75, 3.05) is 12.5 Å². The molecular formula is C11H15N5O2S2. The maximum atomic E-state index is 12.5. The van der Waals surface area contributed by atoms with Gasteiger partial charge < -0.3 is 5.43 Å². The molecule has 0 fully saturated rings. The summed E-state index contributed by atoms with van der Waals surface area (Å²) in [5.41, 5.74) is 3.31. The first-order valence-corrected chi connectivity index (χ1v) is 8.06. The van der Waals surface area contributed by atoms with E-state index in [4.69, 9.17) is 5.84 Å². The van der Waals surface area contributed by atoms with E-state index in [2.05, 4.69) is 15.4 Å². The van der Waals surface area contributed by atoms with Gasteiger partial charge in [-0.2, -0.15) is 4.31 Å². The summed E-state index contributed by atoms with van der Waals surface area (Å²) in [6, 6.07) is 3.17. The molecule has 0 amide bonds. The van der Waals surface area contributed by atoms with Crippen LogP contribution in [0.2, 0.25) is 0 Å². The first kappa shape index (κ1) is 14.9. The van der Waals surface area contributed by atoms with E-state index >= 15 is 0 Å². The lowest BCUT2D eigenvalue weighted by Gasteiger charge is -2.17. The van der Waals surface area contributed by atoms with E-state index in [1.807, 2.05) is 12.3 Å². The van der Waals surface area contributed by atoms with Crippen LogP contribution >= 0.6 is 11.3 Å². The third-order valence-electron chi connectivity index (χ3n) is 2.63. The van der Waals surface area contributed by atoms with Crippen LogP contribution in [0.1, 0.15) is 10.7 Å². The Hall–Kier alpha value is -1.55. The molecule has 20 heavy (non-hydrogen) atoms. The largest absolute Gasteiger partial charge is 0.321 e. The van der Waals surface area contributed by atoms with Crippen LogP contribution in [0.15, 0.2) is 28.7 Å². The number of rotatable bonds is 5. The van der Waals surface area contributed by atoms with Gasteiger partial charge in [0.1, 0.15) is 0 Å². The number of nitrogens with two attached hydrogens (primary N) is 1. The van der Waals surface area contributed by atoms with E-state index in [-0.39, 0.29) is 17.3 Å². The predicted molar refractivity (Wildman–Crippen MR) is 77.6 cm³/mol. The Balaban J connectivity index is 2.29. The number of nitrogens with zero attached hydrogens (tertiary/aromatic N) is 3. The lowest BCUT2D eigenvalue weighted by atomic mass is 10.4. The van der Waals surface area contributed by atoms with Gasteiger partial charge in [0.25, 0.3) is 10.0 Å². The van der Waals surface area contributed by atoms with Gasteiger partial charge in [-0.1, -0.05) is 0 Å². The molecule has 3 N–H and O–H groups in total. The van der Waals surface area contributed by atoms with Crippen molar-refractivity contribution < 1.29 is 8.42 Å². The summed E-state index contributed by atoms with van der Waals surface area (Å²) in [6.45, 7) is 2.06. The number of hydrazine groups is 1. The Morgan fingerprint density at radius 1 is 1.50 bits per heavy atom. The van der Waals surface area contributed by atoms with E-state index in [0.717, 1.165) is 5.01 Å². The lowest BCUT2D eigenvalue weighted by molar-refractivity contribution is 0.460. The number of sulfonamides is 1. The van der Waals surface area contributed by atoms with E-state index in [0.29, 0.717) is 5.69 Å². The molecule has 7 nitrogen and oxygen atoms in total. The molecule has 0 aliphatic heterocycles. The van der Waals surface area contributed by atoms with Crippen molar-refractivity contribution in [2.24, 2.45) is 5.84 Å². The van der Waals surface area contributed by atoms with Crippen molar-refractivity contribution in [3.8, 4) is 0 Å². The molecule has 9 heteroatoms. The van der Waals surface area contributed by atoms with Crippen molar-refractivity contribution in [1.82, 2.24) is 14.3 Å². The van der Waals surface area contributed by atoms with E-state index < -0.39 is 10.0 Å². The van der Waals surface area contributed by atoms with Crippen LogP contribution in [0.3, 0.4) is 0 Å². The monoisotopic (exact) mass is 313 g/mol. The van der Waals surface area contributed by atoms with Crippen molar-refractivity contribution in [3.63, 3.8) is 0 Å². The number of hydrogen-bond acceptors (Lipinski definition) is 7. The summed E-state index contributed by atoms with van der Waals surface area (Å²) in [5, 5.41) is 2.63. The number of nitrogens with one attached hydrogen (secondary N) is 1. The molecule has 0 aromatic carbocycles. The number of pyridine rings is 1. The molecule has 0 radical (unpaired) electrons. The Morgan fingerprint density at radius 2 is 2.25 bits per heavy atom. The average molecular weight is 313 g/mol. The standard InChI is InChI=1S/C11H15N5O2S2/c1-8-14-9(7-19-8)6-16(2)20(17,18)11-10(15-12)4-3-5-13-11/h3-5,7,15H,6,12H2,1-2H3. The SMILES string of the molecule is Cc1nc(CN(C)S(=O)(=O)c2ncccc2NN)cs1. The number of thiazole rings is 1. The first-order valence-electron chi connectivity index (χ1n) is 5.74. The third-order valence-corrected chi connectivity index (χ3v) is 5.22. The van der Waals surface area contributed by atoms with E-state index in [1.54, 1.807) is 12.1 Å². The molecule has 108 valence electrons. The fraction of sp³-hybridized carbons (Fsp3) is 0.273. The molecule has 0 saturated carbocycles. The summed E-state index contributed by atoms with van der Waals surface area (Å²) >= 11 is 1.48. The van der Waals surface area contributed by atoms with Crippen LogP contribution < -0.4 is 11.3 Å². The minimum absolute atomic E-state index is 0.100. The van der Waals surface area contributed by atoms with Gasteiger partial charge in [-0.05, 0) is 19.1 Å². The summed E-state index contributed by atoms with van der Waals surface area (Å²) in [7, 11) is -2.24. The van der Waals surface area contributed by atoms with Gasteiger partial charge in [-0.25, -0.2) is 18.4 Å².